The monoisotopic (exact) mass is 174 g/mol. The van der Waals surface area contributed by atoms with Crippen molar-refractivity contribution in [3.63, 3.8) is 0 Å². The van der Waals surface area contributed by atoms with Gasteiger partial charge in [0, 0.05) is 12.1 Å². The van der Waals surface area contributed by atoms with E-state index in [0.717, 1.165) is 31.1 Å². The number of piperidine rings is 1. The SMILES string of the molecule is CC(C)N(F)C1CCN(C)CC1. The molecule has 0 aliphatic carbocycles. The maximum absolute atomic E-state index is 13.4. The summed E-state index contributed by atoms with van der Waals surface area (Å²) in [7, 11) is 2.09. The Hall–Kier alpha value is -0.150. The van der Waals surface area contributed by atoms with Crippen molar-refractivity contribution in [2.24, 2.45) is 0 Å². The van der Waals surface area contributed by atoms with Gasteiger partial charge in [-0.25, -0.2) is 0 Å². The van der Waals surface area contributed by atoms with Crippen LogP contribution < -0.4 is 0 Å². The third-order valence-corrected chi connectivity index (χ3v) is 2.53. The fourth-order valence-electron chi connectivity index (χ4n) is 1.66. The van der Waals surface area contributed by atoms with Crippen molar-refractivity contribution in [1.82, 2.24) is 10.0 Å². The van der Waals surface area contributed by atoms with Gasteiger partial charge in [0.15, 0.2) is 0 Å². The minimum atomic E-state index is 0.0263. The first-order valence-electron chi connectivity index (χ1n) is 4.74. The Morgan fingerprint density at radius 2 is 1.83 bits per heavy atom. The van der Waals surface area contributed by atoms with E-state index in [2.05, 4.69) is 11.9 Å². The molecule has 0 spiro atoms. The number of hydrogen-bond donors (Lipinski definition) is 0. The normalized spacial score (nSPS) is 22.5. The van der Waals surface area contributed by atoms with E-state index in [0.29, 0.717) is 0 Å². The maximum Gasteiger partial charge on any atom is 0.0429 e. The largest absolute Gasteiger partial charge is 0.306 e. The third-order valence-electron chi connectivity index (χ3n) is 2.53. The van der Waals surface area contributed by atoms with Crippen molar-refractivity contribution in [3.8, 4) is 0 Å². The predicted octanol–water partition coefficient (Wildman–Crippen LogP) is 1.68. The summed E-state index contributed by atoms with van der Waals surface area (Å²) < 4.78 is 13.4. The molecule has 3 heteroatoms. The van der Waals surface area contributed by atoms with Gasteiger partial charge in [-0.3, -0.25) is 0 Å². The summed E-state index contributed by atoms with van der Waals surface area (Å²) >= 11 is 0. The molecule has 12 heavy (non-hydrogen) atoms. The Labute approximate surface area is 74.3 Å². The molecular formula is C9H19FN2. The lowest BCUT2D eigenvalue weighted by Gasteiger charge is -2.33. The van der Waals surface area contributed by atoms with Gasteiger partial charge < -0.3 is 4.90 Å². The molecule has 1 rings (SSSR count). The second-order valence-electron chi connectivity index (χ2n) is 3.97. The second kappa shape index (κ2) is 4.19. The van der Waals surface area contributed by atoms with Gasteiger partial charge in [0.2, 0.25) is 0 Å². The van der Waals surface area contributed by atoms with Crippen LogP contribution in [0.3, 0.4) is 0 Å². The van der Waals surface area contributed by atoms with Crippen molar-refractivity contribution >= 4 is 0 Å². The molecule has 1 saturated heterocycles. The van der Waals surface area contributed by atoms with Gasteiger partial charge in [0.1, 0.15) is 0 Å². The average molecular weight is 174 g/mol. The van der Waals surface area contributed by atoms with Crippen molar-refractivity contribution in [2.45, 2.75) is 38.8 Å². The summed E-state index contributed by atoms with van der Waals surface area (Å²) in [5.41, 5.74) is 0. The highest BCUT2D eigenvalue weighted by Crippen LogP contribution is 2.17. The molecule has 1 aliphatic rings. The zero-order valence-electron chi connectivity index (χ0n) is 8.26. The summed E-state index contributed by atoms with van der Waals surface area (Å²) in [6.07, 6.45) is 1.93. The molecule has 0 radical (unpaired) electrons. The lowest BCUT2D eigenvalue weighted by atomic mass is 10.0. The zero-order chi connectivity index (χ0) is 9.14. The Bertz CT molecular complexity index is 130. The molecule has 0 aromatic carbocycles. The predicted molar refractivity (Wildman–Crippen MR) is 48.6 cm³/mol. The van der Waals surface area contributed by atoms with Gasteiger partial charge in [0.05, 0.1) is 0 Å². The van der Waals surface area contributed by atoms with E-state index in [-0.39, 0.29) is 12.1 Å². The highest BCUT2D eigenvalue weighted by molar-refractivity contribution is 4.75. The van der Waals surface area contributed by atoms with Crippen LogP contribution in [0.1, 0.15) is 26.7 Å². The average Bonchev–Trinajstić information content (AvgIpc) is 2.04. The van der Waals surface area contributed by atoms with E-state index in [1.807, 2.05) is 13.8 Å². The number of halogens is 1. The molecule has 0 saturated carbocycles. The van der Waals surface area contributed by atoms with Crippen LogP contribution >= 0.6 is 0 Å². The first-order valence-corrected chi connectivity index (χ1v) is 4.74. The van der Waals surface area contributed by atoms with Crippen molar-refractivity contribution in [2.75, 3.05) is 20.1 Å². The summed E-state index contributed by atoms with van der Waals surface area (Å²) in [5, 5.41) is 1.01. The lowest BCUT2D eigenvalue weighted by molar-refractivity contribution is -0.0698. The highest BCUT2D eigenvalue weighted by Gasteiger charge is 2.24. The molecule has 2 nitrogen and oxygen atoms in total. The molecule has 0 unspecified atom stereocenters. The molecule has 0 amide bonds. The van der Waals surface area contributed by atoms with E-state index in [1.54, 1.807) is 0 Å². The van der Waals surface area contributed by atoms with Crippen LogP contribution in [-0.4, -0.2) is 42.2 Å². The highest BCUT2D eigenvalue weighted by atomic mass is 19.2. The summed E-state index contributed by atoms with van der Waals surface area (Å²) in [5.74, 6) is 0. The summed E-state index contributed by atoms with van der Waals surface area (Å²) in [6.45, 7) is 5.85. The fourth-order valence-corrected chi connectivity index (χ4v) is 1.66. The Kier molecular flexibility index (Phi) is 3.47. The van der Waals surface area contributed by atoms with Crippen LogP contribution in [0.25, 0.3) is 0 Å². The smallest absolute Gasteiger partial charge is 0.0429 e. The molecule has 1 heterocycles. The van der Waals surface area contributed by atoms with Crippen molar-refractivity contribution < 1.29 is 4.48 Å². The fraction of sp³-hybridized carbons (Fsp3) is 1.00. The maximum atomic E-state index is 13.4. The number of rotatable bonds is 2. The van der Waals surface area contributed by atoms with Crippen molar-refractivity contribution in [1.29, 1.82) is 0 Å². The van der Waals surface area contributed by atoms with Gasteiger partial charge in [-0.15, -0.1) is 9.60 Å². The van der Waals surface area contributed by atoms with Crippen LogP contribution in [0.2, 0.25) is 0 Å². The molecule has 1 fully saturated rings. The molecule has 0 bridgehead atoms. The summed E-state index contributed by atoms with van der Waals surface area (Å²) in [6, 6.07) is 0.180. The van der Waals surface area contributed by atoms with Crippen LogP contribution in [0.4, 0.5) is 4.48 Å². The van der Waals surface area contributed by atoms with E-state index in [4.69, 9.17) is 0 Å². The molecule has 0 aromatic heterocycles. The first-order chi connectivity index (χ1) is 5.61. The Morgan fingerprint density at radius 1 is 1.33 bits per heavy atom. The standard InChI is InChI=1S/C9H19FN2/c1-8(2)12(10)9-4-6-11(3)7-5-9/h8-9H,4-7H2,1-3H3. The zero-order valence-corrected chi connectivity index (χ0v) is 8.26. The van der Waals surface area contributed by atoms with Crippen LogP contribution in [0, 0.1) is 0 Å². The lowest BCUT2D eigenvalue weighted by Crippen LogP contribution is -2.42. The van der Waals surface area contributed by atoms with E-state index >= 15 is 0 Å². The molecule has 72 valence electrons. The van der Waals surface area contributed by atoms with Gasteiger partial charge >= 0.3 is 0 Å². The van der Waals surface area contributed by atoms with Gasteiger partial charge in [-0.05, 0) is 46.8 Å². The molecule has 0 aromatic rings. The number of hydrogen-bond acceptors (Lipinski definition) is 2. The minimum absolute atomic E-state index is 0.0263. The number of likely N-dealkylation sites (tertiary alicyclic amines) is 1. The van der Waals surface area contributed by atoms with Crippen LogP contribution in [0.15, 0.2) is 0 Å². The van der Waals surface area contributed by atoms with E-state index in [1.165, 1.54) is 0 Å². The van der Waals surface area contributed by atoms with Gasteiger partial charge in [-0.1, -0.05) is 0 Å². The molecule has 0 atom stereocenters. The molecule has 0 N–H and O–H groups in total. The Balaban J connectivity index is 2.34. The number of nitrogens with zero attached hydrogens (tertiary/aromatic N) is 2. The van der Waals surface area contributed by atoms with Gasteiger partial charge in [-0.2, -0.15) is 0 Å². The summed E-state index contributed by atoms with van der Waals surface area (Å²) in [4.78, 5) is 2.25. The molecular weight excluding hydrogens is 155 g/mol. The topological polar surface area (TPSA) is 6.48 Å². The van der Waals surface area contributed by atoms with E-state index in [9.17, 15) is 4.48 Å². The molecule has 1 aliphatic heterocycles. The second-order valence-corrected chi connectivity index (χ2v) is 3.97. The Morgan fingerprint density at radius 3 is 2.25 bits per heavy atom. The van der Waals surface area contributed by atoms with Crippen molar-refractivity contribution in [3.05, 3.63) is 0 Å². The van der Waals surface area contributed by atoms with E-state index < -0.39 is 0 Å². The first kappa shape index (κ1) is 9.93. The quantitative estimate of drug-likeness (QED) is 0.588. The third kappa shape index (κ3) is 2.42. The van der Waals surface area contributed by atoms with Crippen LogP contribution in [-0.2, 0) is 0 Å². The minimum Gasteiger partial charge on any atom is -0.306 e. The van der Waals surface area contributed by atoms with Crippen LogP contribution in [0.5, 0.6) is 0 Å². The van der Waals surface area contributed by atoms with Gasteiger partial charge in [0.25, 0.3) is 0 Å².